The van der Waals surface area contributed by atoms with E-state index in [0.29, 0.717) is 5.56 Å². The lowest BCUT2D eigenvalue weighted by Gasteiger charge is -2.00. The van der Waals surface area contributed by atoms with Crippen LogP contribution in [0.25, 0.3) is 0 Å². The van der Waals surface area contributed by atoms with Gasteiger partial charge in [0.2, 0.25) is 5.91 Å². The van der Waals surface area contributed by atoms with E-state index in [-0.39, 0.29) is 12.5 Å². The number of hydrogen-bond acceptors (Lipinski definition) is 2. The molecule has 0 aliphatic carbocycles. The highest BCUT2D eigenvalue weighted by Gasteiger charge is 2.04. The van der Waals surface area contributed by atoms with E-state index in [1.54, 1.807) is 24.3 Å². The minimum atomic E-state index is -0.565. The molecule has 0 bridgehead atoms. The molecule has 0 fully saturated rings. The van der Waals surface area contributed by atoms with Gasteiger partial charge in [-0.1, -0.05) is 18.2 Å². The van der Waals surface area contributed by atoms with E-state index in [2.05, 4.69) is 11.4 Å². The quantitative estimate of drug-likeness (QED) is 0.665. The second-order valence-electron chi connectivity index (χ2n) is 2.43. The maximum atomic E-state index is 11.2. The molecule has 1 aromatic rings. The fraction of sp³-hybridized carbons (Fsp3) is 0.111. The molecule has 0 unspecified atom stereocenters. The van der Waals surface area contributed by atoms with Crippen molar-refractivity contribution < 1.29 is 9.59 Å². The van der Waals surface area contributed by atoms with Crippen molar-refractivity contribution in [3.05, 3.63) is 35.9 Å². The topological polar surface area (TPSA) is 72.2 Å². The highest BCUT2D eigenvalue weighted by atomic mass is 16.2. The van der Waals surface area contributed by atoms with Gasteiger partial charge in [-0.15, -0.1) is 0 Å². The number of nitrogens with two attached hydrogens (primary N) is 1. The van der Waals surface area contributed by atoms with Crippen LogP contribution < -0.4 is 11.1 Å². The van der Waals surface area contributed by atoms with E-state index < -0.39 is 5.91 Å². The predicted octanol–water partition coefficient (Wildman–Crippen LogP) is -0.298. The molecule has 0 saturated carbocycles. The third-order valence-corrected chi connectivity index (χ3v) is 1.38. The summed E-state index contributed by atoms with van der Waals surface area (Å²) in [4.78, 5) is 21.5. The van der Waals surface area contributed by atoms with Crippen LogP contribution in [0.4, 0.5) is 0 Å². The number of primary amides is 1. The summed E-state index contributed by atoms with van der Waals surface area (Å²) in [5.74, 6) is -0.913. The van der Waals surface area contributed by atoms with Crippen molar-refractivity contribution in [2.75, 3.05) is 6.54 Å². The van der Waals surface area contributed by atoms with Crippen molar-refractivity contribution in [3.8, 4) is 0 Å². The number of amides is 2. The minimum Gasteiger partial charge on any atom is -0.368 e. The van der Waals surface area contributed by atoms with Crippen molar-refractivity contribution in [2.45, 2.75) is 0 Å². The Kier molecular flexibility index (Phi) is 3.03. The third kappa shape index (κ3) is 2.94. The number of carbonyl (C=O) groups is 2. The van der Waals surface area contributed by atoms with Gasteiger partial charge in [-0.05, 0) is 12.1 Å². The predicted molar refractivity (Wildman–Crippen MR) is 46.8 cm³/mol. The van der Waals surface area contributed by atoms with E-state index in [4.69, 9.17) is 5.73 Å². The maximum absolute atomic E-state index is 11.2. The third-order valence-electron chi connectivity index (χ3n) is 1.38. The number of benzene rings is 1. The Balaban J connectivity index is 2.54. The lowest BCUT2D eigenvalue weighted by atomic mass is 10.2. The molecule has 0 aliphatic heterocycles. The first kappa shape index (κ1) is 9.25. The second kappa shape index (κ2) is 4.25. The van der Waals surface area contributed by atoms with Gasteiger partial charge in [-0.3, -0.25) is 9.59 Å². The van der Waals surface area contributed by atoms with Crippen LogP contribution >= 0.6 is 0 Å². The molecule has 1 aromatic carbocycles. The molecule has 0 heterocycles. The molecule has 1 rings (SSSR count). The lowest BCUT2D eigenvalue weighted by molar-refractivity contribution is -0.117. The molecule has 2 amide bonds. The fourth-order valence-corrected chi connectivity index (χ4v) is 0.797. The summed E-state index contributed by atoms with van der Waals surface area (Å²) >= 11 is 0. The van der Waals surface area contributed by atoms with E-state index in [0.717, 1.165) is 0 Å². The second-order valence-corrected chi connectivity index (χ2v) is 2.43. The summed E-state index contributed by atoms with van der Waals surface area (Å²) in [6.45, 7) is -0.151. The van der Waals surface area contributed by atoms with E-state index in [1.165, 1.54) is 0 Å². The summed E-state index contributed by atoms with van der Waals surface area (Å²) in [6, 6.07) is 9.43. The summed E-state index contributed by atoms with van der Waals surface area (Å²) < 4.78 is 0. The average Bonchev–Trinajstić information content (AvgIpc) is 2.15. The summed E-state index contributed by atoms with van der Waals surface area (Å²) in [5.41, 5.74) is 5.25. The van der Waals surface area contributed by atoms with Crippen molar-refractivity contribution in [1.29, 1.82) is 0 Å². The molecule has 0 atom stereocenters. The monoisotopic (exact) mass is 177 g/mol. The van der Waals surface area contributed by atoms with Crippen molar-refractivity contribution >= 4 is 11.8 Å². The first-order valence-electron chi connectivity index (χ1n) is 3.73. The Labute approximate surface area is 75.7 Å². The van der Waals surface area contributed by atoms with Crippen molar-refractivity contribution in [2.24, 2.45) is 5.73 Å². The number of rotatable bonds is 3. The molecule has 13 heavy (non-hydrogen) atoms. The largest absolute Gasteiger partial charge is 0.368 e. The Morgan fingerprint density at radius 2 is 2.23 bits per heavy atom. The fourth-order valence-electron chi connectivity index (χ4n) is 0.797. The standard InChI is InChI=1S/C9H9N2O2/c10-8(12)6-11-9(13)7-4-2-1-3-5-7/h1-4H,6H2,(H2,10,12)(H,11,13). The van der Waals surface area contributed by atoms with Crippen LogP contribution in [0.15, 0.2) is 24.3 Å². The highest BCUT2D eigenvalue weighted by Crippen LogP contribution is 1.95. The average molecular weight is 177 g/mol. The van der Waals surface area contributed by atoms with Crippen LogP contribution in [0, 0.1) is 6.07 Å². The van der Waals surface area contributed by atoms with Crippen LogP contribution in [0.1, 0.15) is 10.4 Å². The smallest absolute Gasteiger partial charge is 0.252 e. The molecular formula is C9H9N2O2. The Bertz CT molecular complexity index is 309. The van der Waals surface area contributed by atoms with Crippen LogP contribution in [-0.4, -0.2) is 18.4 Å². The SMILES string of the molecule is NC(=O)CNC(=O)c1[c]cccc1. The van der Waals surface area contributed by atoms with Gasteiger partial charge < -0.3 is 11.1 Å². The lowest BCUT2D eigenvalue weighted by Crippen LogP contribution is -2.33. The van der Waals surface area contributed by atoms with Gasteiger partial charge in [0.05, 0.1) is 6.54 Å². The molecule has 1 radical (unpaired) electrons. The van der Waals surface area contributed by atoms with E-state index >= 15 is 0 Å². The molecule has 0 aromatic heterocycles. The van der Waals surface area contributed by atoms with Gasteiger partial charge in [-0.25, -0.2) is 0 Å². The zero-order chi connectivity index (χ0) is 9.68. The summed E-state index contributed by atoms with van der Waals surface area (Å²) in [5, 5.41) is 2.35. The zero-order valence-electron chi connectivity index (χ0n) is 6.91. The molecule has 4 heteroatoms. The highest BCUT2D eigenvalue weighted by molar-refractivity contribution is 5.95. The minimum absolute atomic E-state index is 0.151. The van der Waals surface area contributed by atoms with Gasteiger partial charge in [0.25, 0.3) is 5.91 Å². The molecular weight excluding hydrogens is 168 g/mol. The van der Waals surface area contributed by atoms with Gasteiger partial charge in [0.1, 0.15) is 0 Å². The number of carbonyl (C=O) groups excluding carboxylic acids is 2. The zero-order valence-corrected chi connectivity index (χ0v) is 6.91. The van der Waals surface area contributed by atoms with Crippen LogP contribution in [0.3, 0.4) is 0 Å². The molecule has 0 saturated heterocycles. The first-order valence-corrected chi connectivity index (χ1v) is 3.73. The summed E-state index contributed by atoms with van der Waals surface area (Å²) in [6.07, 6.45) is 0. The number of nitrogens with one attached hydrogen (secondary N) is 1. The van der Waals surface area contributed by atoms with E-state index in [9.17, 15) is 9.59 Å². The molecule has 3 N–H and O–H groups in total. The van der Waals surface area contributed by atoms with E-state index in [1.807, 2.05) is 0 Å². The van der Waals surface area contributed by atoms with Gasteiger partial charge in [0, 0.05) is 5.56 Å². The number of hydrogen-bond donors (Lipinski definition) is 2. The van der Waals surface area contributed by atoms with Gasteiger partial charge >= 0.3 is 0 Å². The van der Waals surface area contributed by atoms with Gasteiger partial charge in [0.15, 0.2) is 0 Å². The Hall–Kier alpha value is -1.84. The molecule has 0 spiro atoms. The van der Waals surface area contributed by atoms with Gasteiger partial charge in [-0.2, -0.15) is 0 Å². The Morgan fingerprint density at radius 3 is 2.77 bits per heavy atom. The molecule has 67 valence electrons. The van der Waals surface area contributed by atoms with Crippen molar-refractivity contribution in [1.82, 2.24) is 5.32 Å². The van der Waals surface area contributed by atoms with Crippen molar-refractivity contribution in [3.63, 3.8) is 0 Å². The first-order chi connectivity index (χ1) is 6.20. The summed E-state index contributed by atoms with van der Waals surface area (Å²) in [7, 11) is 0. The van der Waals surface area contributed by atoms with Crippen LogP contribution in [-0.2, 0) is 4.79 Å². The molecule has 4 nitrogen and oxygen atoms in total. The van der Waals surface area contributed by atoms with Crippen LogP contribution in [0.5, 0.6) is 0 Å². The maximum Gasteiger partial charge on any atom is 0.252 e. The molecule has 0 aliphatic rings. The van der Waals surface area contributed by atoms with Crippen LogP contribution in [0.2, 0.25) is 0 Å². The normalized spacial score (nSPS) is 9.23. The Morgan fingerprint density at radius 1 is 1.46 bits per heavy atom.